The van der Waals surface area contributed by atoms with Gasteiger partial charge in [-0.3, -0.25) is 4.79 Å². The highest BCUT2D eigenvalue weighted by molar-refractivity contribution is 5.69. The van der Waals surface area contributed by atoms with Gasteiger partial charge in [0.15, 0.2) is 0 Å². The number of hydrogen-bond donors (Lipinski definition) is 1. The molecule has 0 aromatic rings. The molecule has 4 heteroatoms. The van der Waals surface area contributed by atoms with E-state index in [1.54, 1.807) is 0 Å². The smallest absolute Gasteiger partial charge is 0.305 e. The number of carbonyl (C=O) groups excluding carboxylic acids is 1. The summed E-state index contributed by atoms with van der Waals surface area (Å²) in [5, 5.41) is 0. The number of rotatable bonds is 12. The summed E-state index contributed by atoms with van der Waals surface area (Å²) in [6.07, 6.45) is 4.88. The van der Waals surface area contributed by atoms with Gasteiger partial charge < -0.3 is 15.4 Å². The van der Waals surface area contributed by atoms with Crippen LogP contribution in [-0.2, 0) is 9.53 Å². The zero-order chi connectivity index (χ0) is 15.4. The lowest BCUT2D eigenvalue weighted by molar-refractivity contribution is -0.143. The molecule has 4 nitrogen and oxygen atoms in total. The molecule has 0 bridgehead atoms. The summed E-state index contributed by atoms with van der Waals surface area (Å²) in [6.45, 7) is 13.0. The standard InChI is InChI=1S/C16H34N2O2/c1-5-11-18(14-16(3,4)13-17)12-9-7-8-10-15(19)20-6-2/h5-14,17H2,1-4H3. The van der Waals surface area contributed by atoms with E-state index in [9.17, 15) is 4.79 Å². The van der Waals surface area contributed by atoms with Crippen LogP contribution in [0.1, 0.15) is 59.8 Å². The summed E-state index contributed by atoms with van der Waals surface area (Å²) >= 11 is 0. The van der Waals surface area contributed by atoms with Crippen molar-refractivity contribution in [3.63, 3.8) is 0 Å². The minimum Gasteiger partial charge on any atom is -0.466 e. The molecule has 0 fully saturated rings. The maximum Gasteiger partial charge on any atom is 0.305 e. The fourth-order valence-corrected chi connectivity index (χ4v) is 2.27. The van der Waals surface area contributed by atoms with Crippen molar-refractivity contribution in [1.29, 1.82) is 0 Å². The van der Waals surface area contributed by atoms with Crippen molar-refractivity contribution < 1.29 is 9.53 Å². The summed E-state index contributed by atoms with van der Waals surface area (Å²) in [5.74, 6) is -0.0674. The fourth-order valence-electron chi connectivity index (χ4n) is 2.27. The normalized spacial score (nSPS) is 11.9. The third kappa shape index (κ3) is 10.2. The predicted octanol–water partition coefficient (Wildman–Crippen LogP) is 2.81. The largest absolute Gasteiger partial charge is 0.466 e. The van der Waals surface area contributed by atoms with Crippen molar-refractivity contribution in [2.45, 2.75) is 59.8 Å². The van der Waals surface area contributed by atoms with Crippen LogP contribution >= 0.6 is 0 Å². The van der Waals surface area contributed by atoms with E-state index < -0.39 is 0 Å². The van der Waals surface area contributed by atoms with Crippen molar-refractivity contribution in [3.05, 3.63) is 0 Å². The van der Waals surface area contributed by atoms with Crippen LogP contribution in [0.4, 0.5) is 0 Å². The highest BCUT2D eigenvalue weighted by Crippen LogP contribution is 2.16. The van der Waals surface area contributed by atoms with E-state index in [0.717, 1.165) is 45.4 Å². The molecule has 0 unspecified atom stereocenters. The molecule has 0 saturated carbocycles. The number of hydrogen-bond acceptors (Lipinski definition) is 4. The lowest BCUT2D eigenvalue weighted by Gasteiger charge is -2.31. The first-order valence-electron chi connectivity index (χ1n) is 8.03. The molecule has 20 heavy (non-hydrogen) atoms. The molecule has 0 aliphatic carbocycles. The summed E-state index contributed by atoms with van der Waals surface area (Å²) < 4.78 is 4.93. The third-order valence-corrected chi connectivity index (χ3v) is 3.40. The zero-order valence-electron chi connectivity index (χ0n) is 13.9. The van der Waals surface area contributed by atoms with Gasteiger partial charge >= 0.3 is 5.97 Å². The molecular weight excluding hydrogens is 252 g/mol. The molecule has 0 spiro atoms. The van der Waals surface area contributed by atoms with Crippen LogP contribution in [-0.4, -0.2) is 43.7 Å². The minimum atomic E-state index is -0.0674. The number of unbranched alkanes of at least 4 members (excludes halogenated alkanes) is 2. The molecule has 0 radical (unpaired) electrons. The average molecular weight is 286 g/mol. The molecule has 2 N–H and O–H groups in total. The fraction of sp³-hybridized carbons (Fsp3) is 0.938. The molecular formula is C16H34N2O2. The predicted molar refractivity (Wildman–Crippen MR) is 84.7 cm³/mol. The Hall–Kier alpha value is -0.610. The molecule has 0 saturated heterocycles. The van der Waals surface area contributed by atoms with Crippen molar-refractivity contribution in [2.24, 2.45) is 11.1 Å². The zero-order valence-corrected chi connectivity index (χ0v) is 13.9. The molecule has 120 valence electrons. The topological polar surface area (TPSA) is 55.6 Å². The van der Waals surface area contributed by atoms with Gasteiger partial charge in [-0.15, -0.1) is 0 Å². The van der Waals surface area contributed by atoms with Gasteiger partial charge in [-0.2, -0.15) is 0 Å². The van der Waals surface area contributed by atoms with Crippen molar-refractivity contribution >= 4 is 5.97 Å². The number of carbonyl (C=O) groups is 1. The Bertz CT molecular complexity index is 255. The van der Waals surface area contributed by atoms with Gasteiger partial charge in [-0.25, -0.2) is 0 Å². The van der Waals surface area contributed by atoms with Gasteiger partial charge in [-0.1, -0.05) is 27.2 Å². The maximum absolute atomic E-state index is 11.2. The van der Waals surface area contributed by atoms with E-state index in [-0.39, 0.29) is 11.4 Å². The first-order valence-corrected chi connectivity index (χ1v) is 8.03. The number of esters is 1. The van der Waals surface area contributed by atoms with Crippen LogP contribution in [0, 0.1) is 5.41 Å². The van der Waals surface area contributed by atoms with Gasteiger partial charge in [0.25, 0.3) is 0 Å². The average Bonchev–Trinajstić information content (AvgIpc) is 2.38. The van der Waals surface area contributed by atoms with E-state index in [2.05, 4.69) is 25.7 Å². The Morgan fingerprint density at radius 2 is 1.85 bits per heavy atom. The van der Waals surface area contributed by atoms with Gasteiger partial charge in [-0.05, 0) is 51.2 Å². The van der Waals surface area contributed by atoms with E-state index in [1.807, 2.05) is 6.92 Å². The van der Waals surface area contributed by atoms with Crippen LogP contribution in [0.2, 0.25) is 0 Å². The van der Waals surface area contributed by atoms with Gasteiger partial charge in [0.1, 0.15) is 0 Å². The number of ether oxygens (including phenoxy) is 1. The van der Waals surface area contributed by atoms with Crippen LogP contribution < -0.4 is 5.73 Å². The van der Waals surface area contributed by atoms with Crippen LogP contribution in [0.3, 0.4) is 0 Å². The third-order valence-electron chi connectivity index (χ3n) is 3.40. The van der Waals surface area contributed by atoms with Gasteiger partial charge in [0.05, 0.1) is 6.61 Å². The highest BCUT2D eigenvalue weighted by Gasteiger charge is 2.19. The van der Waals surface area contributed by atoms with Crippen LogP contribution in [0.5, 0.6) is 0 Å². The molecule has 0 aliphatic heterocycles. The molecule has 0 aromatic heterocycles. The second kappa shape index (κ2) is 11.1. The summed E-state index contributed by atoms with van der Waals surface area (Å²) in [5.41, 5.74) is 5.99. The first kappa shape index (κ1) is 19.4. The lowest BCUT2D eigenvalue weighted by Crippen LogP contribution is -2.39. The lowest BCUT2D eigenvalue weighted by atomic mass is 9.93. The van der Waals surface area contributed by atoms with E-state index >= 15 is 0 Å². The van der Waals surface area contributed by atoms with Crippen molar-refractivity contribution in [3.8, 4) is 0 Å². The summed E-state index contributed by atoms with van der Waals surface area (Å²) in [7, 11) is 0. The molecule has 0 heterocycles. The number of nitrogens with zero attached hydrogens (tertiary/aromatic N) is 1. The molecule has 0 amide bonds. The molecule has 0 atom stereocenters. The molecule has 0 rings (SSSR count). The van der Waals surface area contributed by atoms with Crippen LogP contribution in [0.15, 0.2) is 0 Å². The Labute approximate surface area is 125 Å². The Morgan fingerprint density at radius 3 is 2.40 bits per heavy atom. The Morgan fingerprint density at radius 1 is 1.15 bits per heavy atom. The summed E-state index contributed by atoms with van der Waals surface area (Å²) in [6, 6.07) is 0. The van der Waals surface area contributed by atoms with E-state index in [0.29, 0.717) is 13.0 Å². The molecule has 0 aromatic carbocycles. The molecule has 0 aliphatic rings. The van der Waals surface area contributed by atoms with E-state index in [1.165, 1.54) is 6.42 Å². The summed E-state index contributed by atoms with van der Waals surface area (Å²) in [4.78, 5) is 13.7. The second-order valence-electron chi connectivity index (χ2n) is 6.26. The van der Waals surface area contributed by atoms with Crippen molar-refractivity contribution in [1.82, 2.24) is 4.90 Å². The maximum atomic E-state index is 11.2. The Balaban J connectivity index is 3.83. The Kier molecular flexibility index (Phi) is 10.8. The van der Waals surface area contributed by atoms with E-state index in [4.69, 9.17) is 10.5 Å². The highest BCUT2D eigenvalue weighted by atomic mass is 16.5. The van der Waals surface area contributed by atoms with Crippen molar-refractivity contribution in [2.75, 3.05) is 32.8 Å². The monoisotopic (exact) mass is 286 g/mol. The number of nitrogens with two attached hydrogens (primary N) is 1. The SMILES string of the molecule is CCCN(CCCCCC(=O)OCC)CC(C)(C)CN. The first-order chi connectivity index (χ1) is 9.45. The van der Waals surface area contributed by atoms with Crippen LogP contribution in [0.25, 0.3) is 0 Å². The quantitative estimate of drug-likeness (QED) is 0.443. The minimum absolute atomic E-state index is 0.0674. The van der Waals surface area contributed by atoms with Gasteiger partial charge in [0.2, 0.25) is 0 Å². The second-order valence-corrected chi connectivity index (χ2v) is 6.26. The van der Waals surface area contributed by atoms with Gasteiger partial charge in [0, 0.05) is 13.0 Å².